The van der Waals surface area contributed by atoms with Gasteiger partial charge in [0.25, 0.3) is 0 Å². The monoisotopic (exact) mass is 317 g/mol. The molecule has 1 aromatic rings. The molecule has 0 radical (unpaired) electrons. The van der Waals surface area contributed by atoms with Crippen molar-refractivity contribution in [3.8, 4) is 0 Å². The van der Waals surface area contributed by atoms with E-state index in [-0.39, 0.29) is 5.92 Å². The molecule has 1 unspecified atom stereocenters. The van der Waals surface area contributed by atoms with Crippen molar-refractivity contribution in [2.24, 2.45) is 11.8 Å². The third-order valence-electron chi connectivity index (χ3n) is 5.01. The number of rotatable bonds is 4. The molecule has 0 bridgehead atoms. The Morgan fingerprint density at radius 3 is 2.87 bits per heavy atom. The summed E-state index contributed by atoms with van der Waals surface area (Å²) in [5, 5.41) is 6.44. The van der Waals surface area contributed by atoms with Crippen LogP contribution < -0.4 is 10.6 Å². The second-order valence-corrected chi connectivity index (χ2v) is 6.62. The van der Waals surface area contributed by atoms with Crippen molar-refractivity contribution < 1.29 is 4.79 Å². The number of amides is 1. The predicted molar refractivity (Wildman–Crippen MR) is 90.2 cm³/mol. The third kappa shape index (κ3) is 3.99. The molecular weight excluding hydrogens is 290 g/mol. The van der Waals surface area contributed by atoms with Crippen molar-refractivity contribution in [2.45, 2.75) is 32.1 Å². The fraction of sp³-hybridized carbons (Fsp3) is 0.706. The van der Waals surface area contributed by atoms with E-state index in [4.69, 9.17) is 0 Å². The predicted octanol–water partition coefficient (Wildman–Crippen LogP) is 1.30. The Kier molecular flexibility index (Phi) is 5.43. The number of hydrogen-bond acceptors (Lipinski definition) is 5. The normalized spacial score (nSPS) is 22.8. The Balaban J connectivity index is 1.60. The van der Waals surface area contributed by atoms with Crippen LogP contribution in [0.25, 0.3) is 0 Å². The molecule has 0 spiro atoms. The number of carbonyl (C=O) groups excluding carboxylic acids is 1. The number of hydrogen-bond donors (Lipinski definition) is 2. The Bertz CT molecular complexity index is 529. The zero-order valence-electron chi connectivity index (χ0n) is 13.9. The number of nitrogens with zero attached hydrogens (tertiary/aromatic N) is 3. The van der Waals surface area contributed by atoms with Crippen LogP contribution in [0.2, 0.25) is 0 Å². The third-order valence-corrected chi connectivity index (χ3v) is 5.01. The molecule has 2 aliphatic rings. The van der Waals surface area contributed by atoms with Gasteiger partial charge in [-0.15, -0.1) is 0 Å². The lowest BCUT2D eigenvalue weighted by Gasteiger charge is -2.36. The van der Waals surface area contributed by atoms with Gasteiger partial charge in [0.1, 0.15) is 5.82 Å². The summed E-state index contributed by atoms with van der Waals surface area (Å²) in [5.41, 5.74) is 1.01. The maximum absolute atomic E-state index is 12.7. The molecular formula is C17H27N5O. The molecule has 0 aliphatic carbocycles. The molecule has 2 aliphatic heterocycles. The molecule has 6 nitrogen and oxygen atoms in total. The molecule has 126 valence electrons. The molecule has 2 N–H and O–H groups in total. The minimum atomic E-state index is 0.222. The average molecular weight is 317 g/mol. The van der Waals surface area contributed by atoms with Crippen molar-refractivity contribution in [3.05, 3.63) is 18.1 Å². The van der Waals surface area contributed by atoms with E-state index in [1.165, 1.54) is 0 Å². The second-order valence-electron chi connectivity index (χ2n) is 6.62. The van der Waals surface area contributed by atoms with Crippen molar-refractivity contribution >= 4 is 11.7 Å². The molecule has 0 aromatic carbocycles. The van der Waals surface area contributed by atoms with Crippen LogP contribution in [0.5, 0.6) is 0 Å². The summed E-state index contributed by atoms with van der Waals surface area (Å²) in [7, 11) is 1.88. The Morgan fingerprint density at radius 2 is 2.09 bits per heavy atom. The topological polar surface area (TPSA) is 70.2 Å². The fourth-order valence-corrected chi connectivity index (χ4v) is 3.76. The summed E-state index contributed by atoms with van der Waals surface area (Å²) >= 11 is 0. The molecule has 1 amide bonds. The number of piperidine rings is 2. The standard InChI is InChI=1S/C17H27N5O/c1-18-16-15(20-8-9-21-16)11-13-3-2-10-22(12-13)17(23)14-4-6-19-7-5-14/h8-9,13-14,19H,2-7,10-12H2,1H3,(H,18,21). The van der Waals surface area contributed by atoms with Crippen molar-refractivity contribution in [3.63, 3.8) is 0 Å². The summed E-state index contributed by atoms with van der Waals surface area (Å²) in [6, 6.07) is 0. The maximum atomic E-state index is 12.7. The Morgan fingerprint density at radius 1 is 1.30 bits per heavy atom. The van der Waals surface area contributed by atoms with Crippen LogP contribution in [-0.2, 0) is 11.2 Å². The van der Waals surface area contributed by atoms with Gasteiger partial charge in [-0.3, -0.25) is 9.78 Å². The van der Waals surface area contributed by atoms with Crippen LogP contribution in [0.15, 0.2) is 12.4 Å². The van der Waals surface area contributed by atoms with Gasteiger partial charge in [0.15, 0.2) is 0 Å². The molecule has 1 atom stereocenters. The van der Waals surface area contributed by atoms with Crippen molar-refractivity contribution in [2.75, 3.05) is 38.5 Å². The van der Waals surface area contributed by atoms with E-state index in [9.17, 15) is 4.79 Å². The van der Waals surface area contributed by atoms with Crippen LogP contribution >= 0.6 is 0 Å². The summed E-state index contributed by atoms with van der Waals surface area (Å²) in [6.07, 6.45) is 8.56. The number of likely N-dealkylation sites (tertiary alicyclic amines) is 1. The van der Waals surface area contributed by atoms with Crippen LogP contribution in [0.4, 0.5) is 5.82 Å². The van der Waals surface area contributed by atoms with Gasteiger partial charge in [-0.25, -0.2) is 4.98 Å². The molecule has 2 saturated heterocycles. The van der Waals surface area contributed by atoms with Crippen LogP contribution in [0.1, 0.15) is 31.4 Å². The quantitative estimate of drug-likeness (QED) is 0.876. The van der Waals surface area contributed by atoms with Gasteiger partial charge in [0.2, 0.25) is 5.91 Å². The molecule has 3 heterocycles. The van der Waals surface area contributed by atoms with Gasteiger partial charge in [-0.05, 0) is 51.1 Å². The number of nitrogens with one attached hydrogen (secondary N) is 2. The molecule has 3 rings (SSSR count). The second kappa shape index (κ2) is 7.73. The van der Waals surface area contributed by atoms with Gasteiger partial charge < -0.3 is 15.5 Å². The van der Waals surface area contributed by atoms with E-state index in [1.54, 1.807) is 12.4 Å². The minimum Gasteiger partial charge on any atom is -0.372 e. The fourth-order valence-electron chi connectivity index (χ4n) is 3.76. The number of anilines is 1. The largest absolute Gasteiger partial charge is 0.372 e. The highest BCUT2D eigenvalue weighted by Crippen LogP contribution is 2.25. The average Bonchev–Trinajstić information content (AvgIpc) is 2.62. The lowest BCUT2D eigenvalue weighted by Crippen LogP contribution is -2.45. The maximum Gasteiger partial charge on any atom is 0.225 e. The molecule has 0 saturated carbocycles. The van der Waals surface area contributed by atoms with E-state index in [0.717, 1.165) is 69.8 Å². The lowest BCUT2D eigenvalue weighted by atomic mass is 9.90. The molecule has 2 fully saturated rings. The first kappa shape index (κ1) is 16.2. The van der Waals surface area contributed by atoms with Gasteiger partial charge in [0.05, 0.1) is 5.69 Å². The minimum absolute atomic E-state index is 0.222. The number of aromatic nitrogens is 2. The Hall–Kier alpha value is -1.69. The van der Waals surface area contributed by atoms with E-state index in [0.29, 0.717) is 11.8 Å². The first-order chi connectivity index (χ1) is 11.3. The summed E-state index contributed by atoms with van der Waals surface area (Å²) < 4.78 is 0. The number of carbonyl (C=O) groups is 1. The van der Waals surface area contributed by atoms with Crippen LogP contribution in [0, 0.1) is 11.8 Å². The molecule has 1 aromatic heterocycles. The van der Waals surface area contributed by atoms with Gasteiger partial charge in [-0.2, -0.15) is 0 Å². The summed E-state index contributed by atoms with van der Waals surface area (Å²) in [4.78, 5) is 23.6. The van der Waals surface area contributed by atoms with Crippen LogP contribution in [-0.4, -0.2) is 54.0 Å². The highest BCUT2D eigenvalue weighted by Gasteiger charge is 2.30. The smallest absolute Gasteiger partial charge is 0.225 e. The van der Waals surface area contributed by atoms with Crippen molar-refractivity contribution in [1.29, 1.82) is 0 Å². The van der Waals surface area contributed by atoms with Crippen LogP contribution in [0.3, 0.4) is 0 Å². The highest BCUT2D eigenvalue weighted by molar-refractivity contribution is 5.79. The van der Waals surface area contributed by atoms with Gasteiger partial charge in [-0.1, -0.05) is 0 Å². The summed E-state index contributed by atoms with van der Waals surface area (Å²) in [6.45, 7) is 3.72. The van der Waals surface area contributed by atoms with Crippen molar-refractivity contribution in [1.82, 2.24) is 20.2 Å². The Labute approximate surface area is 138 Å². The zero-order chi connectivity index (χ0) is 16.1. The SMILES string of the molecule is CNc1nccnc1CC1CCCN(C(=O)C2CCNCC2)C1. The van der Waals surface area contributed by atoms with E-state index >= 15 is 0 Å². The van der Waals surface area contributed by atoms with E-state index < -0.39 is 0 Å². The summed E-state index contributed by atoms with van der Waals surface area (Å²) in [5.74, 6) is 1.93. The first-order valence-corrected chi connectivity index (χ1v) is 8.75. The van der Waals surface area contributed by atoms with Gasteiger partial charge in [0, 0.05) is 38.4 Å². The lowest BCUT2D eigenvalue weighted by molar-refractivity contribution is -0.138. The van der Waals surface area contributed by atoms with Gasteiger partial charge >= 0.3 is 0 Å². The van der Waals surface area contributed by atoms with E-state index in [1.807, 2.05) is 7.05 Å². The molecule has 23 heavy (non-hydrogen) atoms. The molecule has 6 heteroatoms. The first-order valence-electron chi connectivity index (χ1n) is 8.75. The highest BCUT2D eigenvalue weighted by atomic mass is 16.2. The van der Waals surface area contributed by atoms with E-state index in [2.05, 4.69) is 25.5 Å². The zero-order valence-corrected chi connectivity index (χ0v) is 13.9.